The Morgan fingerprint density at radius 1 is 1.50 bits per heavy atom. The number of alkyl halides is 1. The van der Waals surface area contributed by atoms with Crippen molar-refractivity contribution in [1.82, 2.24) is 0 Å². The Morgan fingerprint density at radius 2 is 2.31 bits per heavy atom. The van der Waals surface area contributed by atoms with Gasteiger partial charge in [0.1, 0.15) is 0 Å². The lowest BCUT2D eigenvalue weighted by molar-refractivity contribution is 0.143. The van der Waals surface area contributed by atoms with Gasteiger partial charge in [0.15, 0.2) is 0 Å². The lowest BCUT2D eigenvalue weighted by atomic mass is 9.92. The van der Waals surface area contributed by atoms with Crippen LogP contribution in [0.3, 0.4) is 0 Å². The average Bonchev–Trinajstić information content (AvgIpc) is 2.50. The Kier molecular flexibility index (Phi) is 3.88. The van der Waals surface area contributed by atoms with Crippen LogP contribution in [0.5, 0.6) is 0 Å². The third kappa shape index (κ3) is 2.41. The lowest BCUT2D eigenvalue weighted by Crippen LogP contribution is -2.01. The minimum Gasteiger partial charge on any atom is -0.379 e. The van der Waals surface area contributed by atoms with E-state index >= 15 is 0 Å². The summed E-state index contributed by atoms with van der Waals surface area (Å²) in [6.45, 7) is 5.91. The van der Waals surface area contributed by atoms with Crippen molar-refractivity contribution >= 4 is 11.6 Å². The van der Waals surface area contributed by atoms with Gasteiger partial charge in [-0.3, -0.25) is 0 Å². The molecule has 88 valence electrons. The highest BCUT2D eigenvalue weighted by atomic mass is 35.5. The van der Waals surface area contributed by atoms with E-state index in [0.29, 0.717) is 12.5 Å². The first-order valence-electron chi connectivity index (χ1n) is 6.07. The molecule has 1 aliphatic rings. The molecule has 1 aromatic carbocycles. The van der Waals surface area contributed by atoms with Crippen LogP contribution in [0, 0.1) is 0 Å². The van der Waals surface area contributed by atoms with Crippen molar-refractivity contribution < 1.29 is 4.74 Å². The second-order valence-electron chi connectivity index (χ2n) is 4.56. The molecule has 2 unspecified atom stereocenters. The van der Waals surface area contributed by atoms with Crippen LogP contribution in [0.15, 0.2) is 18.2 Å². The van der Waals surface area contributed by atoms with Gasteiger partial charge in [0.25, 0.3) is 0 Å². The SMILES string of the molecule is CCC(C)c1ccc2c(c1)C(Cl)COCC2. The van der Waals surface area contributed by atoms with Gasteiger partial charge >= 0.3 is 0 Å². The van der Waals surface area contributed by atoms with Crippen LogP contribution in [0.4, 0.5) is 0 Å². The standard InChI is InChI=1S/C14H19ClO/c1-3-10(2)12-5-4-11-6-7-16-9-14(15)13(11)8-12/h4-5,8,10,14H,3,6-7,9H2,1-2H3. The Hall–Kier alpha value is -0.530. The predicted octanol–water partition coefficient (Wildman–Crippen LogP) is 4.05. The van der Waals surface area contributed by atoms with Crippen molar-refractivity contribution in [2.75, 3.05) is 13.2 Å². The van der Waals surface area contributed by atoms with E-state index in [9.17, 15) is 0 Å². The molecule has 0 aromatic heterocycles. The maximum Gasteiger partial charge on any atom is 0.0821 e. The second kappa shape index (κ2) is 5.20. The first-order valence-corrected chi connectivity index (χ1v) is 6.50. The fraction of sp³-hybridized carbons (Fsp3) is 0.571. The van der Waals surface area contributed by atoms with Gasteiger partial charge in [-0.25, -0.2) is 0 Å². The van der Waals surface area contributed by atoms with E-state index in [0.717, 1.165) is 13.0 Å². The largest absolute Gasteiger partial charge is 0.379 e. The van der Waals surface area contributed by atoms with E-state index in [1.807, 2.05) is 0 Å². The maximum atomic E-state index is 6.35. The molecule has 0 saturated carbocycles. The van der Waals surface area contributed by atoms with Crippen molar-refractivity contribution in [1.29, 1.82) is 0 Å². The summed E-state index contributed by atoms with van der Waals surface area (Å²) in [4.78, 5) is 0. The molecule has 1 aromatic rings. The Bertz CT molecular complexity index is 362. The summed E-state index contributed by atoms with van der Waals surface area (Å²) in [5, 5.41) is 0.0153. The van der Waals surface area contributed by atoms with Gasteiger partial charge in [-0.1, -0.05) is 32.0 Å². The monoisotopic (exact) mass is 238 g/mol. The number of benzene rings is 1. The molecule has 2 atom stereocenters. The Morgan fingerprint density at radius 3 is 3.06 bits per heavy atom. The molecule has 16 heavy (non-hydrogen) atoms. The van der Waals surface area contributed by atoms with Crippen molar-refractivity contribution in [3.05, 3.63) is 34.9 Å². The van der Waals surface area contributed by atoms with E-state index in [-0.39, 0.29) is 5.38 Å². The smallest absolute Gasteiger partial charge is 0.0821 e. The zero-order valence-electron chi connectivity index (χ0n) is 10.0. The Balaban J connectivity index is 2.35. The van der Waals surface area contributed by atoms with Gasteiger partial charge in [0.2, 0.25) is 0 Å². The fourth-order valence-electron chi connectivity index (χ4n) is 2.13. The molecule has 0 bridgehead atoms. The van der Waals surface area contributed by atoms with Gasteiger partial charge in [0, 0.05) is 0 Å². The molecule has 1 aliphatic heterocycles. The molecule has 1 nitrogen and oxygen atoms in total. The van der Waals surface area contributed by atoms with Crippen molar-refractivity contribution in [3.63, 3.8) is 0 Å². The van der Waals surface area contributed by atoms with Crippen LogP contribution >= 0.6 is 11.6 Å². The van der Waals surface area contributed by atoms with Crippen LogP contribution in [0.1, 0.15) is 48.3 Å². The molecule has 1 heterocycles. The van der Waals surface area contributed by atoms with Crippen LogP contribution in [0.25, 0.3) is 0 Å². The molecular weight excluding hydrogens is 220 g/mol. The average molecular weight is 239 g/mol. The highest BCUT2D eigenvalue weighted by molar-refractivity contribution is 6.21. The normalized spacial score (nSPS) is 22.3. The number of fused-ring (bicyclic) bond motifs is 1. The lowest BCUT2D eigenvalue weighted by Gasteiger charge is -2.15. The summed E-state index contributed by atoms with van der Waals surface area (Å²) >= 11 is 6.35. The van der Waals surface area contributed by atoms with E-state index in [4.69, 9.17) is 16.3 Å². The maximum absolute atomic E-state index is 6.35. The number of rotatable bonds is 2. The van der Waals surface area contributed by atoms with Gasteiger partial charge in [-0.15, -0.1) is 11.6 Å². The van der Waals surface area contributed by atoms with E-state index < -0.39 is 0 Å². The molecule has 0 spiro atoms. The van der Waals surface area contributed by atoms with Crippen LogP contribution in [0.2, 0.25) is 0 Å². The first kappa shape index (κ1) is 11.9. The van der Waals surface area contributed by atoms with Crippen LogP contribution < -0.4 is 0 Å². The summed E-state index contributed by atoms with van der Waals surface area (Å²) < 4.78 is 5.48. The summed E-state index contributed by atoms with van der Waals surface area (Å²) in [5.41, 5.74) is 4.02. The number of halogens is 1. The van der Waals surface area contributed by atoms with Gasteiger partial charge in [0.05, 0.1) is 18.6 Å². The summed E-state index contributed by atoms with van der Waals surface area (Å²) in [7, 11) is 0. The van der Waals surface area contributed by atoms with Gasteiger partial charge in [-0.2, -0.15) is 0 Å². The topological polar surface area (TPSA) is 9.23 Å². The molecule has 2 heteroatoms. The molecular formula is C14H19ClO. The number of hydrogen-bond acceptors (Lipinski definition) is 1. The fourth-order valence-corrected chi connectivity index (χ4v) is 2.43. The third-order valence-corrected chi connectivity index (χ3v) is 3.83. The van der Waals surface area contributed by atoms with Gasteiger partial charge in [-0.05, 0) is 35.4 Å². The van der Waals surface area contributed by atoms with Crippen molar-refractivity contribution in [2.45, 2.75) is 38.0 Å². The molecule has 2 rings (SSSR count). The quantitative estimate of drug-likeness (QED) is 0.707. The highest BCUT2D eigenvalue weighted by Gasteiger charge is 2.18. The molecule has 0 saturated heterocycles. The predicted molar refractivity (Wildman–Crippen MR) is 68.3 cm³/mol. The minimum absolute atomic E-state index is 0.0153. The summed E-state index contributed by atoms with van der Waals surface area (Å²) in [6.07, 6.45) is 2.15. The van der Waals surface area contributed by atoms with E-state index in [1.54, 1.807) is 0 Å². The van der Waals surface area contributed by atoms with Crippen molar-refractivity contribution in [2.24, 2.45) is 0 Å². The van der Waals surface area contributed by atoms with Gasteiger partial charge < -0.3 is 4.74 Å². The molecule has 0 amide bonds. The number of hydrogen-bond donors (Lipinski definition) is 0. The summed E-state index contributed by atoms with van der Waals surface area (Å²) in [5.74, 6) is 0.610. The van der Waals surface area contributed by atoms with E-state index in [1.165, 1.54) is 23.1 Å². The zero-order valence-corrected chi connectivity index (χ0v) is 10.8. The Labute approximate surface area is 103 Å². The minimum atomic E-state index is 0.0153. The summed E-state index contributed by atoms with van der Waals surface area (Å²) in [6, 6.07) is 6.73. The number of ether oxygens (including phenoxy) is 1. The zero-order chi connectivity index (χ0) is 11.5. The first-order chi connectivity index (χ1) is 7.72. The molecule has 0 N–H and O–H groups in total. The van der Waals surface area contributed by atoms with E-state index in [2.05, 4.69) is 32.0 Å². The molecule has 0 fully saturated rings. The van der Waals surface area contributed by atoms with Crippen molar-refractivity contribution in [3.8, 4) is 0 Å². The highest BCUT2D eigenvalue weighted by Crippen LogP contribution is 2.31. The second-order valence-corrected chi connectivity index (χ2v) is 5.09. The van der Waals surface area contributed by atoms with Crippen LogP contribution in [-0.4, -0.2) is 13.2 Å². The van der Waals surface area contributed by atoms with Crippen LogP contribution in [-0.2, 0) is 11.2 Å². The molecule has 0 radical (unpaired) electrons. The molecule has 0 aliphatic carbocycles. The third-order valence-electron chi connectivity index (χ3n) is 3.47.